The fourth-order valence-electron chi connectivity index (χ4n) is 2.05. The number of carbonyl (C=O) groups excluding carboxylic acids is 1. The molecule has 0 aromatic heterocycles. The van der Waals surface area contributed by atoms with E-state index in [2.05, 4.69) is 6.92 Å². The van der Waals surface area contributed by atoms with E-state index in [9.17, 15) is 4.79 Å². The molecule has 0 aliphatic heterocycles. The Morgan fingerprint density at radius 2 is 1.82 bits per heavy atom. The Balaban J connectivity index is 2.72. The summed E-state index contributed by atoms with van der Waals surface area (Å²) < 4.78 is 11.4. The van der Waals surface area contributed by atoms with Crippen molar-refractivity contribution in [1.29, 1.82) is 0 Å². The molecule has 0 amide bonds. The first-order chi connectivity index (χ1) is 10.4. The van der Waals surface area contributed by atoms with Crippen LogP contribution in [0.1, 0.15) is 59.4 Å². The van der Waals surface area contributed by atoms with Gasteiger partial charge in [0.1, 0.15) is 5.78 Å². The van der Waals surface area contributed by atoms with Crippen LogP contribution >= 0.6 is 0 Å². The van der Waals surface area contributed by atoms with Crippen molar-refractivity contribution in [3.8, 4) is 11.5 Å². The SMILES string of the molecule is CCCCOc1ccc(CCC(=O)C(C)(C)C)cc1OCC. The van der Waals surface area contributed by atoms with Crippen LogP contribution in [0, 0.1) is 5.41 Å². The van der Waals surface area contributed by atoms with E-state index in [4.69, 9.17) is 9.47 Å². The van der Waals surface area contributed by atoms with Gasteiger partial charge in [0.15, 0.2) is 11.5 Å². The number of aryl methyl sites for hydroxylation is 1. The topological polar surface area (TPSA) is 35.5 Å². The van der Waals surface area contributed by atoms with Gasteiger partial charge in [0.25, 0.3) is 0 Å². The lowest BCUT2D eigenvalue weighted by atomic mass is 9.87. The summed E-state index contributed by atoms with van der Waals surface area (Å²) in [5.41, 5.74) is 0.843. The van der Waals surface area contributed by atoms with Crippen LogP contribution in [0.2, 0.25) is 0 Å². The van der Waals surface area contributed by atoms with Gasteiger partial charge in [-0.25, -0.2) is 0 Å². The molecule has 3 nitrogen and oxygen atoms in total. The third kappa shape index (κ3) is 6.08. The minimum absolute atomic E-state index is 0.272. The van der Waals surface area contributed by atoms with E-state index < -0.39 is 0 Å². The van der Waals surface area contributed by atoms with Gasteiger partial charge in [-0.05, 0) is 37.5 Å². The third-order valence-corrected chi connectivity index (χ3v) is 3.54. The van der Waals surface area contributed by atoms with Crippen molar-refractivity contribution in [2.75, 3.05) is 13.2 Å². The van der Waals surface area contributed by atoms with E-state index in [-0.39, 0.29) is 11.2 Å². The number of hydrogen-bond donors (Lipinski definition) is 0. The highest BCUT2D eigenvalue weighted by Gasteiger charge is 2.20. The van der Waals surface area contributed by atoms with Gasteiger partial charge < -0.3 is 9.47 Å². The third-order valence-electron chi connectivity index (χ3n) is 3.54. The lowest BCUT2D eigenvalue weighted by Gasteiger charge is -2.17. The zero-order valence-electron chi connectivity index (χ0n) is 14.7. The van der Waals surface area contributed by atoms with E-state index >= 15 is 0 Å². The Labute approximate surface area is 135 Å². The molecule has 0 aliphatic carbocycles. The second-order valence-electron chi connectivity index (χ2n) is 6.59. The first-order valence-corrected chi connectivity index (χ1v) is 8.30. The predicted molar refractivity (Wildman–Crippen MR) is 90.8 cm³/mol. The minimum Gasteiger partial charge on any atom is -0.490 e. The van der Waals surface area contributed by atoms with Crippen LogP contribution in [0.5, 0.6) is 11.5 Å². The summed E-state index contributed by atoms with van der Waals surface area (Å²) in [4.78, 5) is 12.0. The molecule has 22 heavy (non-hydrogen) atoms. The van der Waals surface area contributed by atoms with Crippen molar-refractivity contribution < 1.29 is 14.3 Å². The summed E-state index contributed by atoms with van der Waals surface area (Å²) in [6.45, 7) is 11.3. The first kappa shape index (κ1) is 18.5. The number of benzene rings is 1. The van der Waals surface area contributed by atoms with Gasteiger partial charge in [-0.3, -0.25) is 4.79 Å². The van der Waals surface area contributed by atoms with Gasteiger partial charge in [-0.2, -0.15) is 0 Å². The zero-order valence-corrected chi connectivity index (χ0v) is 14.7. The maximum Gasteiger partial charge on any atom is 0.161 e. The average Bonchev–Trinajstić information content (AvgIpc) is 2.46. The molecule has 1 aromatic carbocycles. The number of rotatable bonds is 9. The molecule has 0 bridgehead atoms. The summed E-state index contributed by atoms with van der Waals surface area (Å²) in [6, 6.07) is 5.98. The van der Waals surface area contributed by atoms with Gasteiger partial charge in [0, 0.05) is 11.8 Å². The maximum absolute atomic E-state index is 12.0. The molecule has 0 N–H and O–H groups in total. The molecular formula is C19H30O3. The highest BCUT2D eigenvalue weighted by Crippen LogP contribution is 2.29. The Morgan fingerprint density at radius 1 is 1.09 bits per heavy atom. The molecule has 0 atom stereocenters. The Kier molecular flexibility index (Phi) is 7.43. The molecule has 0 unspecified atom stereocenters. The zero-order chi connectivity index (χ0) is 16.6. The normalized spacial score (nSPS) is 11.3. The molecular weight excluding hydrogens is 276 g/mol. The number of carbonyl (C=O) groups is 1. The van der Waals surface area contributed by atoms with Crippen LogP contribution in [-0.4, -0.2) is 19.0 Å². The molecule has 0 saturated carbocycles. The van der Waals surface area contributed by atoms with Crippen molar-refractivity contribution in [1.82, 2.24) is 0 Å². The number of hydrogen-bond acceptors (Lipinski definition) is 3. The first-order valence-electron chi connectivity index (χ1n) is 8.30. The van der Waals surface area contributed by atoms with Gasteiger partial charge in [-0.1, -0.05) is 40.2 Å². The van der Waals surface area contributed by atoms with E-state index in [1.165, 1.54) is 0 Å². The summed E-state index contributed by atoms with van der Waals surface area (Å²) in [7, 11) is 0. The molecule has 1 aromatic rings. The fraction of sp³-hybridized carbons (Fsp3) is 0.632. The number of unbranched alkanes of at least 4 members (excludes halogenated alkanes) is 1. The maximum atomic E-state index is 12.0. The molecule has 3 heteroatoms. The highest BCUT2D eigenvalue weighted by molar-refractivity contribution is 5.83. The van der Waals surface area contributed by atoms with Gasteiger partial charge in [0.2, 0.25) is 0 Å². The van der Waals surface area contributed by atoms with Crippen LogP contribution in [0.15, 0.2) is 18.2 Å². The summed E-state index contributed by atoms with van der Waals surface area (Å²) in [6.07, 6.45) is 3.45. The largest absolute Gasteiger partial charge is 0.490 e. The van der Waals surface area contributed by atoms with Crippen molar-refractivity contribution >= 4 is 5.78 Å². The Morgan fingerprint density at radius 3 is 2.41 bits per heavy atom. The molecule has 0 radical (unpaired) electrons. The summed E-state index contributed by atoms with van der Waals surface area (Å²) >= 11 is 0. The quantitative estimate of drug-likeness (QED) is 0.614. The van der Waals surface area contributed by atoms with Crippen LogP contribution in [0.3, 0.4) is 0 Å². The van der Waals surface area contributed by atoms with E-state index in [1.54, 1.807) is 0 Å². The summed E-state index contributed by atoms with van der Waals surface area (Å²) in [5.74, 6) is 1.86. The monoisotopic (exact) mass is 306 g/mol. The van der Waals surface area contributed by atoms with E-state index in [0.717, 1.165) is 36.3 Å². The minimum atomic E-state index is -0.272. The molecule has 124 valence electrons. The van der Waals surface area contributed by atoms with Crippen molar-refractivity contribution in [3.05, 3.63) is 23.8 Å². The van der Waals surface area contributed by atoms with Crippen LogP contribution in [0.4, 0.5) is 0 Å². The number of ether oxygens (including phenoxy) is 2. The lowest BCUT2D eigenvalue weighted by molar-refractivity contribution is -0.126. The standard InChI is InChI=1S/C19H30O3/c1-6-8-13-22-16-11-9-15(14-17(16)21-7-2)10-12-18(20)19(3,4)5/h9,11,14H,6-8,10,12-13H2,1-5H3. The number of ketones is 1. The average molecular weight is 306 g/mol. The van der Waals surface area contributed by atoms with Crippen molar-refractivity contribution in [2.45, 2.75) is 60.3 Å². The molecule has 0 spiro atoms. The van der Waals surface area contributed by atoms with Crippen LogP contribution < -0.4 is 9.47 Å². The molecule has 0 aliphatic rings. The number of Topliss-reactive ketones (excluding diaryl/α,β-unsaturated/α-hetero) is 1. The second kappa shape index (κ2) is 8.82. The van der Waals surface area contributed by atoms with Crippen molar-refractivity contribution in [3.63, 3.8) is 0 Å². The molecule has 0 fully saturated rings. The smallest absolute Gasteiger partial charge is 0.161 e. The Hall–Kier alpha value is -1.51. The molecule has 0 heterocycles. The van der Waals surface area contributed by atoms with E-state index in [0.29, 0.717) is 19.6 Å². The Bertz CT molecular complexity index is 472. The van der Waals surface area contributed by atoms with Gasteiger partial charge in [0.05, 0.1) is 13.2 Å². The van der Waals surface area contributed by atoms with Gasteiger partial charge in [-0.15, -0.1) is 0 Å². The molecule has 0 saturated heterocycles. The lowest BCUT2D eigenvalue weighted by Crippen LogP contribution is -2.20. The predicted octanol–water partition coefficient (Wildman–Crippen LogP) is 4.81. The van der Waals surface area contributed by atoms with E-state index in [1.807, 2.05) is 45.9 Å². The highest BCUT2D eigenvalue weighted by atomic mass is 16.5. The second-order valence-corrected chi connectivity index (χ2v) is 6.59. The summed E-state index contributed by atoms with van der Waals surface area (Å²) in [5, 5.41) is 0. The van der Waals surface area contributed by atoms with Crippen LogP contribution in [-0.2, 0) is 11.2 Å². The molecule has 1 rings (SSSR count). The fourth-order valence-corrected chi connectivity index (χ4v) is 2.05. The van der Waals surface area contributed by atoms with Gasteiger partial charge >= 0.3 is 0 Å². The van der Waals surface area contributed by atoms with Crippen LogP contribution in [0.25, 0.3) is 0 Å². The van der Waals surface area contributed by atoms with Crippen molar-refractivity contribution in [2.24, 2.45) is 5.41 Å².